The fourth-order valence-corrected chi connectivity index (χ4v) is 2.31. The number of fused-ring (bicyclic) bond motifs is 1. The molecular formula is C14H21N4+. The van der Waals surface area contributed by atoms with Crippen LogP contribution in [0, 0.1) is 0 Å². The van der Waals surface area contributed by atoms with Crippen LogP contribution in [0.15, 0.2) is 36.4 Å². The van der Waals surface area contributed by atoms with Crippen molar-refractivity contribution in [3.63, 3.8) is 0 Å². The lowest BCUT2D eigenvalue weighted by Gasteiger charge is -2.21. The molecule has 2 rings (SSSR count). The highest BCUT2D eigenvalue weighted by Crippen LogP contribution is 2.32. The molecule has 96 valence electrons. The van der Waals surface area contributed by atoms with Gasteiger partial charge in [0.05, 0.1) is 0 Å². The molecule has 1 atom stereocenters. The number of hydrogen-bond donors (Lipinski definition) is 3. The Morgan fingerprint density at radius 1 is 1.00 bits per heavy atom. The average molecular weight is 245 g/mol. The van der Waals surface area contributed by atoms with Gasteiger partial charge in [-0.2, -0.15) is 0 Å². The first-order chi connectivity index (χ1) is 8.45. The van der Waals surface area contributed by atoms with Crippen molar-refractivity contribution in [1.29, 1.82) is 0 Å². The van der Waals surface area contributed by atoms with Gasteiger partial charge >= 0.3 is 0 Å². The summed E-state index contributed by atoms with van der Waals surface area (Å²) in [5.41, 5.74) is 2.03. The number of quaternary nitrogens is 1. The van der Waals surface area contributed by atoms with Gasteiger partial charge < -0.3 is 0 Å². The fraction of sp³-hybridized carbons (Fsp3) is 0.286. The summed E-state index contributed by atoms with van der Waals surface area (Å²) in [6.45, 7) is 4.40. The quantitative estimate of drug-likeness (QED) is 0.441. The Kier molecular flexibility index (Phi) is 3.36. The summed E-state index contributed by atoms with van der Waals surface area (Å²) in [7, 11) is 0. The van der Waals surface area contributed by atoms with Crippen LogP contribution in [0.5, 0.6) is 0 Å². The van der Waals surface area contributed by atoms with E-state index in [1.165, 1.54) is 10.9 Å². The van der Waals surface area contributed by atoms with Crippen LogP contribution >= 0.6 is 0 Å². The normalized spacial score (nSPS) is 13.8. The molecule has 1 unspecified atom stereocenters. The zero-order chi connectivity index (χ0) is 13.3. The molecule has 2 aromatic rings. The average Bonchev–Trinajstić information content (AvgIpc) is 2.35. The van der Waals surface area contributed by atoms with Crippen molar-refractivity contribution in [3.8, 4) is 0 Å². The highest BCUT2D eigenvalue weighted by molar-refractivity contribution is 5.95. The lowest BCUT2D eigenvalue weighted by molar-refractivity contribution is 0.304. The maximum atomic E-state index is 5.77. The highest BCUT2D eigenvalue weighted by Gasteiger charge is 2.21. The summed E-state index contributed by atoms with van der Waals surface area (Å²) in [6.07, 6.45) is 1.09. The highest BCUT2D eigenvalue weighted by atomic mass is 15.9. The van der Waals surface area contributed by atoms with Gasteiger partial charge in [-0.25, -0.2) is 0 Å². The summed E-state index contributed by atoms with van der Waals surface area (Å²) >= 11 is 0. The molecule has 0 saturated carbocycles. The minimum Gasteiger partial charge on any atom is -0.136 e. The second-order valence-electron chi connectivity index (χ2n) is 4.86. The van der Waals surface area contributed by atoms with Crippen LogP contribution in [-0.2, 0) is 0 Å². The standard InChI is InChI=1S/C14H21N4/c1-3-10(2)11-6-4-8-13-12(11)7-5-9-14(13)18(15,16)17/h4-10H,3,15-17H2,1-2H3/q+1. The predicted molar refractivity (Wildman–Crippen MR) is 77.0 cm³/mol. The minimum absolute atomic E-state index is 0.499. The van der Waals surface area contributed by atoms with Crippen molar-refractivity contribution < 1.29 is 0 Å². The Morgan fingerprint density at radius 3 is 2.22 bits per heavy atom. The minimum atomic E-state index is -0.638. The van der Waals surface area contributed by atoms with E-state index in [0.29, 0.717) is 5.92 Å². The van der Waals surface area contributed by atoms with Gasteiger partial charge in [0.25, 0.3) is 0 Å². The van der Waals surface area contributed by atoms with Gasteiger partial charge in [0.2, 0.25) is 0 Å². The van der Waals surface area contributed by atoms with Crippen LogP contribution in [0.4, 0.5) is 5.69 Å². The molecule has 0 aliphatic carbocycles. The van der Waals surface area contributed by atoms with Crippen molar-refractivity contribution >= 4 is 16.5 Å². The van der Waals surface area contributed by atoms with Crippen molar-refractivity contribution in [2.24, 2.45) is 17.5 Å². The fourth-order valence-electron chi connectivity index (χ4n) is 2.31. The third-order valence-electron chi connectivity index (χ3n) is 3.49. The third-order valence-corrected chi connectivity index (χ3v) is 3.49. The first kappa shape index (κ1) is 13.0. The molecule has 0 aromatic heterocycles. The topological polar surface area (TPSA) is 78.1 Å². The summed E-state index contributed by atoms with van der Waals surface area (Å²) in [4.78, 5) is -0.638. The Balaban J connectivity index is 2.73. The van der Waals surface area contributed by atoms with E-state index >= 15 is 0 Å². The molecule has 0 saturated heterocycles. The SMILES string of the molecule is CCC(C)c1cccc2c([N+](N)(N)N)cccc12. The summed E-state index contributed by atoms with van der Waals surface area (Å²) in [5, 5.41) is 2.19. The van der Waals surface area contributed by atoms with Crippen LogP contribution < -0.4 is 22.3 Å². The summed E-state index contributed by atoms with van der Waals surface area (Å²) in [5.74, 6) is 17.8. The van der Waals surface area contributed by atoms with E-state index in [4.69, 9.17) is 17.5 Å². The van der Waals surface area contributed by atoms with E-state index in [9.17, 15) is 0 Å². The first-order valence-electron chi connectivity index (χ1n) is 6.22. The summed E-state index contributed by atoms with van der Waals surface area (Å²) < 4.78 is 0. The van der Waals surface area contributed by atoms with Crippen LogP contribution in [0.25, 0.3) is 10.8 Å². The van der Waals surface area contributed by atoms with Gasteiger partial charge in [-0.1, -0.05) is 42.9 Å². The van der Waals surface area contributed by atoms with Gasteiger partial charge in [0.1, 0.15) is 0 Å². The van der Waals surface area contributed by atoms with E-state index in [2.05, 4.69) is 26.0 Å². The van der Waals surface area contributed by atoms with Crippen molar-refractivity contribution in [2.45, 2.75) is 26.2 Å². The molecular weight excluding hydrogens is 224 g/mol. The largest absolute Gasteiger partial charge is 0.199 e. The maximum Gasteiger partial charge on any atom is 0.199 e. The third kappa shape index (κ3) is 2.23. The van der Waals surface area contributed by atoms with E-state index in [1.54, 1.807) is 0 Å². The lowest BCUT2D eigenvalue weighted by atomic mass is 9.92. The van der Waals surface area contributed by atoms with Gasteiger partial charge in [-0.15, -0.1) is 17.5 Å². The van der Waals surface area contributed by atoms with E-state index < -0.39 is 4.81 Å². The zero-order valence-corrected chi connectivity index (χ0v) is 10.9. The predicted octanol–water partition coefficient (Wildman–Crippen LogP) is 2.28. The Labute approximate surface area is 107 Å². The number of nitrogens with two attached hydrogens (primary N) is 3. The molecule has 0 spiro atoms. The Morgan fingerprint density at radius 2 is 1.61 bits per heavy atom. The molecule has 4 heteroatoms. The molecule has 0 heterocycles. The van der Waals surface area contributed by atoms with E-state index in [-0.39, 0.29) is 0 Å². The Bertz CT molecular complexity index is 557. The zero-order valence-electron chi connectivity index (χ0n) is 10.9. The number of hydrogen-bond acceptors (Lipinski definition) is 3. The molecule has 4 nitrogen and oxygen atoms in total. The first-order valence-corrected chi connectivity index (χ1v) is 6.22. The maximum absolute atomic E-state index is 5.77. The molecule has 6 N–H and O–H groups in total. The van der Waals surface area contributed by atoms with Gasteiger partial charge in [-0.05, 0) is 29.4 Å². The second-order valence-corrected chi connectivity index (χ2v) is 4.86. The van der Waals surface area contributed by atoms with Gasteiger partial charge in [0, 0.05) is 11.5 Å². The molecule has 2 aromatic carbocycles. The molecule has 0 radical (unpaired) electrons. The van der Waals surface area contributed by atoms with E-state index in [0.717, 1.165) is 17.5 Å². The molecule has 18 heavy (non-hydrogen) atoms. The van der Waals surface area contributed by atoms with Crippen molar-refractivity contribution in [3.05, 3.63) is 42.0 Å². The Hall–Kier alpha value is -1.46. The van der Waals surface area contributed by atoms with Crippen LogP contribution in [0.3, 0.4) is 0 Å². The lowest BCUT2D eigenvalue weighted by Crippen LogP contribution is -2.67. The van der Waals surface area contributed by atoms with Crippen molar-refractivity contribution in [1.82, 2.24) is 4.81 Å². The number of nitrogens with zero attached hydrogens (tertiary/aromatic N) is 1. The summed E-state index contributed by atoms with van der Waals surface area (Å²) in [6, 6.07) is 12.1. The van der Waals surface area contributed by atoms with Crippen LogP contribution in [0.1, 0.15) is 31.7 Å². The van der Waals surface area contributed by atoms with Gasteiger partial charge in [0.15, 0.2) is 5.69 Å². The number of benzene rings is 2. The molecule has 0 amide bonds. The molecule has 0 aliphatic rings. The second kappa shape index (κ2) is 4.66. The van der Waals surface area contributed by atoms with Gasteiger partial charge in [-0.3, -0.25) is 0 Å². The van der Waals surface area contributed by atoms with E-state index in [1.807, 2.05) is 24.3 Å². The molecule has 0 bridgehead atoms. The number of rotatable bonds is 3. The van der Waals surface area contributed by atoms with Crippen LogP contribution in [-0.4, -0.2) is 0 Å². The van der Waals surface area contributed by atoms with Crippen molar-refractivity contribution in [2.75, 3.05) is 0 Å². The smallest absolute Gasteiger partial charge is 0.136 e. The van der Waals surface area contributed by atoms with Crippen LogP contribution in [0.2, 0.25) is 0 Å². The monoisotopic (exact) mass is 245 g/mol. The molecule has 0 aliphatic heterocycles. The molecule has 0 fully saturated rings.